The molecule has 1 saturated carbocycles. The van der Waals surface area contributed by atoms with E-state index in [2.05, 4.69) is 10.3 Å². The number of hydrogen-bond acceptors (Lipinski definition) is 7. The molecule has 1 aliphatic rings. The number of amides is 2. The Bertz CT molecular complexity index is 1440. The van der Waals surface area contributed by atoms with Crippen LogP contribution in [0.1, 0.15) is 68.9 Å². The van der Waals surface area contributed by atoms with Gasteiger partial charge >= 0.3 is 5.97 Å². The first-order valence-electron chi connectivity index (χ1n) is 12.6. The number of benzene rings is 2. The van der Waals surface area contributed by atoms with Gasteiger partial charge in [0.25, 0.3) is 21.8 Å². The predicted molar refractivity (Wildman–Crippen MR) is 145 cm³/mol. The topological polar surface area (TPSA) is 132 Å². The van der Waals surface area contributed by atoms with Crippen LogP contribution in [0.2, 0.25) is 5.02 Å². The third-order valence-electron chi connectivity index (χ3n) is 6.31. The summed E-state index contributed by atoms with van der Waals surface area (Å²) in [5.74, 6) is -1.94. The van der Waals surface area contributed by atoms with Gasteiger partial charge in [0.05, 0.1) is 10.6 Å². The van der Waals surface area contributed by atoms with Gasteiger partial charge in [-0.2, -0.15) is 0 Å². The first-order chi connectivity index (χ1) is 18.7. The lowest BCUT2D eigenvalue weighted by atomic mass is 9.98. The number of halogens is 1. The lowest BCUT2D eigenvalue weighted by molar-refractivity contribution is 0.0204. The van der Waals surface area contributed by atoms with Crippen LogP contribution in [0, 0.1) is 0 Å². The van der Waals surface area contributed by atoms with Crippen LogP contribution in [-0.2, 0) is 21.2 Å². The second kappa shape index (κ2) is 12.9. The van der Waals surface area contributed by atoms with Crippen molar-refractivity contribution < 1.29 is 27.5 Å². The molecule has 204 valence electrons. The maximum absolute atomic E-state index is 12.8. The molecule has 3 aromatic rings. The number of nitrogens with zero attached hydrogens (tertiary/aromatic N) is 1. The fourth-order valence-corrected chi connectivity index (χ4v) is 5.73. The first kappa shape index (κ1) is 28.3. The van der Waals surface area contributed by atoms with E-state index in [4.69, 9.17) is 16.3 Å². The summed E-state index contributed by atoms with van der Waals surface area (Å²) in [6.07, 6.45) is 6.36. The Labute approximate surface area is 232 Å². The van der Waals surface area contributed by atoms with Crippen molar-refractivity contribution in [2.75, 3.05) is 6.54 Å². The van der Waals surface area contributed by atoms with E-state index in [0.717, 1.165) is 49.9 Å². The van der Waals surface area contributed by atoms with Gasteiger partial charge in [-0.15, -0.1) is 0 Å². The molecule has 2 amide bonds. The van der Waals surface area contributed by atoms with Gasteiger partial charge in [0.1, 0.15) is 16.7 Å². The normalized spacial score (nSPS) is 13.9. The molecule has 1 aromatic heterocycles. The molecule has 1 heterocycles. The van der Waals surface area contributed by atoms with Crippen molar-refractivity contribution in [2.24, 2.45) is 0 Å². The van der Waals surface area contributed by atoms with Crippen molar-refractivity contribution in [3.63, 3.8) is 0 Å². The number of hydrogen-bond donors (Lipinski definition) is 2. The molecule has 0 radical (unpaired) electrons. The molecule has 11 heteroatoms. The van der Waals surface area contributed by atoms with E-state index < -0.39 is 27.8 Å². The molecule has 0 atom stereocenters. The average molecular weight is 570 g/mol. The number of rotatable bonds is 9. The summed E-state index contributed by atoms with van der Waals surface area (Å²) < 4.78 is 33.1. The number of carbonyl (C=O) groups is 3. The minimum Gasteiger partial charge on any atom is -0.458 e. The smallest absolute Gasteiger partial charge is 0.357 e. The largest absolute Gasteiger partial charge is 0.458 e. The van der Waals surface area contributed by atoms with Crippen molar-refractivity contribution in [1.29, 1.82) is 0 Å². The minimum absolute atomic E-state index is 0.0284. The van der Waals surface area contributed by atoms with E-state index in [0.29, 0.717) is 13.0 Å². The van der Waals surface area contributed by atoms with Gasteiger partial charge < -0.3 is 10.1 Å². The molecule has 1 fully saturated rings. The summed E-state index contributed by atoms with van der Waals surface area (Å²) in [6, 6.07) is 15.9. The number of esters is 1. The summed E-state index contributed by atoms with van der Waals surface area (Å²) in [7, 11) is -4.36. The van der Waals surface area contributed by atoms with Gasteiger partial charge in [-0.05, 0) is 68.0 Å². The summed E-state index contributed by atoms with van der Waals surface area (Å²) in [5.41, 5.74) is 1.20. The van der Waals surface area contributed by atoms with Crippen LogP contribution < -0.4 is 10.0 Å². The van der Waals surface area contributed by atoms with Crippen molar-refractivity contribution >= 4 is 39.4 Å². The SMILES string of the molecule is O=C(NCCc1ccccc1)c1ccc(S(=O)(=O)NC(=O)c2ccc(C(=O)OC3CCCCC3)nc2)c(Cl)c1. The quantitative estimate of drug-likeness (QED) is 0.367. The van der Waals surface area contributed by atoms with Crippen molar-refractivity contribution in [2.45, 2.75) is 49.5 Å². The standard InChI is InChI=1S/C28H28ClN3O6S/c29-23-17-20(26(33)30-16-15-19-7-3-1-4-8-19)12-14-25(23)39(36,37)32-27(34)21-11-13-24(31-18-21)28(35)38-22-9-5-2-6-10-22/h1,3-4,7-8,11-14,17-18,22H,2,5-6,9-10,15-16H2,(H,30,33)(H,32,34). The monoisotopic (exact) mass is 569 g/mol. The lowest BCUT2D eigenvalue weighted by Gasteiger charge is -2.21. The first-order valence-corrected chi connectivity index (χ1v) is 14.4. The Kier molecular flexibility index (Phi) is 9.32. The Morgan fingerprint density at radius 3 is 2.31 bits per heavy atom. The molecule has 0 saturated heterocycles. The molecule has 0 unspecified atom stereocenters. The highest BCUT2D eigenvalue weighted by Crippen LogP contribution is 2.23. The number of aromatic nitrogens is 1. The number of ether oxygens (including phenoxy) is 1. The molecule has 39 heavy (non-hydrogen) atoms. The van der Waals surface area contributed by atoms with Gasteiger partial charge in [-0.3, -0.25) is 9.59 Å². The molecule has 2 aromatic carbocycles. The highest BCUT2D eigenvalue weighted by Gasteiger charge is 2.24. The fourth-order valence-electron chi connectivity index (χ4n) is 4.21. The number of pyridine rings is 1. The zero-order chi connectivity index (χ0) is 27.8. The summed E-state index contributed by atoms with van der Waals surface area (Å²) >= 11 is 6.18. The van der Waals surface area contributed by atoms with Crippen molar-refractivity contribution in [3.05, 3.63) is 94.3 Å². The van der Waals surface area contributed by atoms with E-state index in [-0.39, 0.29) is 32.8 Å². The summed E-state index contributed by atoms with van der Waals surface area (Å²) in [5, 5.41) is 2.55. The third-order valence-corrected chi connectivity index (χ3v) is 8.13. The van der Waals surface area contributed by atoms with Gasteiger partial charge in [-0.1, -0.05) is 48.4 Å². The number of carbonyl (C=O) groups excluding carboxylic acids is 3. The fraction of sp³-hybridized carbons (Fsp3) is 0.286. The molecule has 9 nitrogen and oxygen atoms in total. The molecule has 0 aliphatic heterocycles. The molecular formula is C28H28ClN3O6S. The van der Waals surface area contributed by atoms with E-state index in [1.807, 2.05) is 35.1 Å². The van der Waals surface area contributed by atoms with Crippen LogP contribution in [-0.4, -0.2) is 43.8 Å². The van der Waals surface area contributed by atoms with Crippen LogP contribution >= 0.6 is 11.6 Å². The molecule has 0 spiro atoms. The number of sulfonamides is 1. The van der Waals surface area contributed by atoms with Crippen LogP contribution in [0.25, 0.3) is 0 Å². The maximum Gasteiger partial charge on any atom is 0.357 e. The minimum atomic E-state index is -4.36. The van der Waals surface area contributed by atoms with Gasteiger partial charge in [0, 0.05) is 18.3 Å². The zero-order valence-electron chi connectivity index (χ0n) is 21.1. The van der Waals surface area contributed by atoms with Crippen LogP contribution in [0.5, 0.6) is 0 Å². The van der Waals surface area contributed by atoms with Gasteiger partial charge in [0.15, 0.2) is 0 Å². The Morgan fingerprint density at radius 2 is 1.64 bits per heavy atom. The predicted octanol–water partition coefficient (Wildman–Crippen LogP) is 4.32. The van der Waals surface area contributed by atoms with E-state index in [1.165, 1.54) is 24.3 Å². The van der Waals surface area contributed by atoms with E-state index in [9.17, 15) is 22.8 Å². The van der Waals surface area contributed by atoms with Gasteiger partial charge in [0.2, 0.25) is 0 Å². The van der Waals surface area contributed by atoms with Crippen LogP contribution in [0.4, 0.5) is 0 Å². The molecular weight excluding hydrogens is 542 g/mol. The third kappa shape index (κ3) is 7.64. The zero-order valence-corrected chi connectivity index (χ0v) is 22.6. The highest BCUT2D eigenvalue weighted by molar-refractivity contribution is 7.90. The Hall–Kier alpha value is -3.76. The molecule has 1 aliphatic carbocycles. The van der Waals surface area contributed by atoms with Gasteiger partial charge in [-0.25, -0.2) is 22.9 Å². The second-order valence-corrected chi connectivity index (χ2v) is 11.2. The second-order valence-electron chi connectivity index (χ2n) is 9.17. The van der Waals surface area contributed by atoms with Crippen molar-refractivity contribution in [1.82, 2.24) is 15.0 Å². The average Bonchev–Trinajstić information content (AvgIpc) is 2.93. The highest BCUT2D eigenvalue weighted by atomic mass is 35.5. The number of nitrogens with one attached hydrogen (secondary N) is 2. The Balaban J connectivity index is 1.34. The molecule has 4 rings (SSSR count). The van der Waals surface area contributed by atoms with Crippen LogP contribution in [0.15, 0.2) is 71.8 Å². The summed E-state index contributed by atoms with van der Waals surface area (Å²) in [6.45, 7) is 0.391. The molecule has 0 bridgehead atoms. The van der Waals surface area contributed by atoms with Crippen molar-refractivity contribution in [3.8, 4) is 0 Å². The van der Waals surface area contributed by atoms with Crippen LogP contribution in [0.3, 0.4) is 0 Å². The van der Waals surface area contributed by atoms with E-state index in [1.54, 1.807) is 0 Å². The Morgan fingerprint density at radius 1 is 0.923 bits per heavy atom. The summed E-state index contributed by atoms with van der Waals surface area (Å²) in [4.78, 5) is 41.0. The van der Waals surface area contributed by atoms with E-state index >= 15 is 0 Å². The maximum atomic E-state index is 12.8. The lowest BCUT2D eigenvalue weighted by Crippen LogP contribution is -2.31. The molecule has 2 N–H and O–H groups in total.